The number of benzene rings is 1. The molecular formula is C15H14N4O3. The highest BCUT2D eigenvalue weighted by Gasteiger charge is 2.26. The Kier molecular flexibility index (Phi) is 3.69. The third kappa shape index (κ3) is 3.03. The minimum absolute atomic E-state index is 0.121. The molecule has 1 aliphatic rings. The number of amides is 2. The number of carbonyl (C=O) groups is 2. The van der Waals surface area contributed by atoms with Crippen LogP contribution in [0.1, 0.15) is 11.3 Å². The maximum Gasteiger partial charge on any atom is 0.416 e. The second-order valence-corrected chi connectivity index (χ2v) is 4.90. The average molecular weight is 298 g/mol. The number of fused-ring (bicyclic) bond motifs is 1. The zero-order valence-corrected chi connectivity index (χ0v) is 11.9. The van der Waals surface area contributed by atoms with E-state index < -0.39 is 6.09 Å². The van der Waals surface area contributed by atoms with Crippen LogP contribution < -0.4 is 10.1 Å². The number of nitrogens with one attached hydrogen (secondary N) is 1. The molecule has 7 heteroatoms. The molecule has 3 rings (SSSR count). The molecule has 0 aliphatic carbocycles. The van der Waals surface area contributed by atoms with Crippen LogP contribution in [0.3, 0.4) is 0 Å². The second kappa shape index (κ2) is 5.80. The minimum Gasteiger partial charge on any atom is -0.410 e. The number of hydrogen-bond donors (Lipinski definition) is 1. The molecule has 0 unspecified atom stereocenters. The summed E-state index contributed by atoms with van der Waals surface area (Å²) in [5.74, 6) is 0.379. The first-order chi connectivity index (χ1) is 10.6. The highest BCUT2D eigenvalue weighted by Crippen LogP contribution is 2.25. The number of nitrogens with zero attached hydrogens (tertiary/aromatic N) is 3. The number of anilines is 1. The van der Waals surface area contributed by atoms with E-state index in [1.54, 1.807) is 31.3 Å². The number of ether oxygens (including phenoxy) is 1. The zero-order valence-electron chi connectivity index (χ0n) is 11.9. The van der Waals surface area contributed by atoms with Crippen molar-refractivity contribution in [3.63, 3.8) is 0 Å². The van der Waals surface area contributed by atoms with E-state index in [0.717, 1.165) is 11.3 Å². The van der Waals surface area contributed by atoms with E-state index in [0.29, 0.717) is 12.3 Å². The monoisotopic (exact) mass is 298 g/mol. The van der Waals surface area contributed by atoms with Crippen molar-refractivity contribution in [2.24, 2.45) is 0 Å². The van der Waals surface area contributed by atoms with E-state index in [2.05, 4.69) is 15.3 Å². The molecule has 0 radical (unpaired) electrons. The Hall–Kier alpha value is -2.96. The normalized spacial score (nSPS) is 13.3. The second-order valence-electron chi connectivity index (χ2n) is 4.90. The molecule has 1 aromatic carbocycles. The highest BCUT2D eigenvalue weighted by atomic mass is 16.6. The van der Waals surface area contributed by atoms with Gasteiger partial charge in [0, 0.05) is 17.5 Å². The SMILES string of the molecule is Cc1ccnc(NC(=O)CN2Cc3ccccc3OC2=O)n1. The molecule has 112 valence electrons. The van der Waals surface area contributed by atoms with Crippen molar-refractivity contribution in [1.29, 1.82) is 0 Å². The molecular weight excluding hydrogens is 284 g/mol. The first kappa shape index (κ1) is 14.0. The van der Waals surface area contributed by atoms with Crippen molar-refractivity contribution >= 4 is 17.9 Å². The Morgan fingerprint density at radius 3 is 3.00 bits per heavy atom. The van der Waals surface area contributed by atoms with Gasteiger partial charge in [0.1, 0.15) is 12.3 Å². The van der Waals surface area contributed by atoms with Crippen molar-refractivity contribution in [1.82, 2.24) is 14.9 Å². The number of aryl methyl sites for hydroxylation is 1. The summed E-state index contributed by atoms with van der Waals surface area (Å²) in [6.07, 6.45) is 1.02. The van der Waals surface area contributed by atoms with Gasteiger partial charge < -0.3 is 4.74 Å². The fraction of sp³-hybridized carbons (Fsp3) is 0.200. The molecule has 0 atom stereocenters. The average Bonchev–Trinajstić information content (AvgIpc) is 2.48. The molecule has 22 heavy (non-hydrogen) atoms. The van der Waals surface area contributed by atoms with Crippen LogP contribution in [0.5, 0.6) is 5.75 Å². The first-order valence-electron chi connectivity index (χ1n) is 6.76. The van der Waals surface area contributed by atoms with Crippen molar-refractivity contribution in [3.8, 4) is 5.75 Å². The third-order valence-corrected chi connectivity index (χ3v) is 3.17. The van der Waals surface area contributed by atoms with Crippen LogP contribution in [0.15, 0.2) is 36.5 Å². The Morgan fingerprint density at radius 2 is 2.18 bits per heavy atom. The number of para-hydroxylation sites is 1. The lowest BCUT2D eigenvalue weighted by Gasteiger charge is -2.27. The van der Waals surface area contributed by atoms with Crippen molar-refractivity contribution in [2.45, 2.75) is 13.5 Å². The molecule has 0 bridgehead atoms. The molecule has 7 nitrogen and oxygen atoms in total. The molecule has 0 saturated carbocycles. The van der Waals surface area contributed by atoms with Gasteiger partial charge in [-0.1, -0.05) is 18.2 Å². The molecule has 1 aliphatic heterocycles. The highest BCUT2D eigenvalue weighted by molar-refractivity contribution is 5.92. The van der Waals surface area contributed by atoms with Gasteiger partial charge >= 0.3 is 6.09 Å². The summed E-state index contributed by atoms with van der Waals surface area (Å²) < 4.78 is 5.19. The molecule has 2 heterocycles. The lowest BCUT2D eigenvalue weighted by Crippen LogP contribution is -2.41. The first-order valence-corrected chi connectivity index (χ1v) is 6.76. The largest absolute Gasteiger partial charge is 0.416 e. The lowest BCUT2D eigenvalue weighted by atomic mass is 10.1. The van der Waals surface area contributed by atoms with Crippen LogP contribution in [-0.4, -0.2) is 33.4 Å². The number of carbonyl (C=O) groups excluding carboxylic acids is 2. The van der Waals surface area contributed by atoms with Crippen LogP contribution in [0.4, 0.5) is 10.7 Å². The fourth-order valence-electron chi connectivity index (χ4n) is 2.13. The quantitative estimate of drug-likeness (QED) is 0.933. The fourth-order valence-corrected chi connectivity index (χ4v) is 2.13. The van der Waals surface area contributed by atoms with Gasteiger partial charge in [0.05, 0.1) is 6.54 Å². The topological polar surface area (TPSA) is 84.4 Å². The summed E-state index contributed by atoms with van der Waals surface area (Å²) in [5, 5.41) is 2.56. The van der Waals surface area contributed by atoms with E-state index in [1.807, 2.05) is 12.1 Å². The van der Waals surface area contributed by atoms with E-state index in [-0.39, 0.29) is 18.4 Å². The molecule has 1 aromatic heterocycles. The van der Waals surface area contributed by atoms with Gasteiger partial charge in [0.2, 0.25) is 11.9 Å². The van der Waals surface area contributed by atoms with Gasteiger partial charge in [-0.25, -0.2) is 14.8 Å². The van der Waals surface area contributed by atoms with Gasteiger partial charge in [-0.15, -0.1) is 0 Å². The van der Waals surface area contributed by atoms with E-state index >= 15 is 0 Å². The molecule has 2 amide bonds. The van der Waals surface area contributed by atoms with Crippen LogP contribution >= 0.6 is 0 Å². The smallest absolute Gasteiger partial charge is 0.410 e. The molecule has 1 N–H and O–H groups in total. The van der Waals surface area contributed by atoms with Crippen molar-refractivity contribution in [3.05, 3.63) is 47.8 Å². The van der Waals surface area contributed by atoms with Gasteiger partial charge in [-0.05, 0) is 19.1 Å². The molecule has 0 fully saturated rings. The predicted octanol–water partition coefficient (Wildman–Crippen LogP) is 1.74. The van der Waals surface area contributed by atoms with E-state index in [9.17, 15) is 9.59 Å². The minimum atomic E-state index is -0.543. The van der Waals surface area contributed by atoms with E-state index in [4.69, 9.17) is 4.74 Å². The van der Waals surface area contributed by atoms with Crippen LogP contribution in [0.25, 0.3) is 0 Å². The van der Waals surface area contributed by atoms with Crippen molar-refractivity contribution in [2.75, 3.05) is 11.9 Å². The van der Waals surface area contributed by atoms with Gasteiger partial charge in [0.15, 0.2) is 0 Å². The summed E-state index contributed by atoms with van der Waals surface area (Å²) in [7, 11) is 0. The summed E-state index contributed by atoms with van der Waals surface area (Å²) in [6.45, 7) is 2.01. The maximum absolute atomic E-state index is 12.0. The Labute approximate surface area is 126 Å². The summed E-state index contributed by atoms with van der Waals surface area (Å²) in [4.78, 5) is 33.3. The van der Waals surface area contributed by atoms with Crippen LogP contribution in [0, 0.1) is 6.92 Å². The van der Waals surface area contributed by atoms with Crippen LogP contribution in [0.2, 0.25) is 0 Å². The molecule has 0 spiro atoms. The summed E-state index contributed by atoms with van der Waals surface area (Å²) in [6, 6.07) is 8.97. The molecule has 0 saturated heterocycles. The zero-order chi connectivity index (χ0) is 15.5. The van der Waals surface area contributed by atoms with Crippen LogP contribution in [-0.2, 0) is 11.3 Å². The lowest BCUT2D eigenvalue weighted by molar-refractivity contribution is -0.117. The number of hydrogen-bond acceptors (Lipinski definition) is 5. The standard InChI is InChI=1S/C15H14N4O3/c1-10-6-7-16-14(17-10)18-13(20)9-19-8-11-4-2-3-5-12(11)22-15(19)21/h2-7H,8-9H2,1H3,(H,16,17,18,20). The van der Waals surface area contributed by atoms with Gasteiger partial charge in [0.25, 0.3) is 0 Å². The predicted molar refractivity (Wildman–Crippen MR) is 78.3 cm³/mol. The Bertz CT molecular complexity index is 732. The Morgan fingerprint density at radius 1 is 1.36 bits per heavy atom. The van der Waals surface area contributed by atoms with Gasteiger partial charge in [-0.3, -0.25) is 15.0 Å². The molecule has 2 aromatic rings. The van der Waals surface area contributed by atoms with Gasteiger partial charge in [-0.2, -0.15) is 0 Å². The summed E-state index contributed by atoms with van der Waals surface area (Å²) in [5.41, 5.74) is 1.61. The number of aromatic nitrogens is 2. The van der Waals surface area contributed by atoms with Crippen molar-refractivity contribution < 1.29 is 14.3 Å². The maximum atomic E-state index is 12.0. The third-order valence-electron chi connectivity index (χ3n) is 3.17. The Balaban J connectivity index is 1.66. The number of rotatable bonds is 3. The van der Waals surface area contributed by atoms with E-state index in [1.165, 1.54) is 4.90 Å². The summed E-state index contributed by atoms with van der Waals surface area (Å²) >= 11 is 0.